The standard InChI is InChI=1S/C10H15BrN4O2/c1-12-4-7-5-15(2-3-17-7)9-8(11)10(16)14-6-13-9/h6-7,12H,2-5H2,1H3,(H,13,14,16). The van der Waals surface area contributed by atoms with Crippen LogP contribution in [0.2, 0.25) is 0 Å². The molecule has 1 atom stereocenters. The van der Waals surface area contributed by atoms with E-state index in [-0.39, 0.29) is 11.7 Å². The zero-order valence-corrected chi connectivity index (χ0v) is 11.2. The van der Waals surface area contributed by atoms with Crippen molar-refractivity contribution < 1.29 is 4.74 Å². The number of hydrogen-bond acceptors (Lipinski definition) is 5. The van der Waals surface area contributed by atoms with Gasteiger partial charge in [0.05, 0.1) is 19.0 Å². The van der Waals surface area contributed by atoms with Gasteiger partial charge in [-0.3, -0.25) is 4.79 Å². The van der Waals surface area contributed by atoms with E-state index in [0.29, 0.717) is 16.9 Å². The summed E-state index contributed by atoms with van der Waals surface area (Å²) in [5.41, 5.74) is -0.161. The van der Waals surface area contributed by atoms with Crippen LogP contribution >= 0.6 is 15.9 Å². The van der Waals surface area contributed by atoms with Crippen LogP contribution in [0.1, 0.15) is 0 Å². The minimum absolute atomic E-state index is 0.127. The molecule has 1 aromatic rings. The van der Waals surface area contributed by atoms with Gasteiger partial charge in [-0.05, 0) is 23.0 Å². The van der Waals surface area contributed by atoms with Crippen molar-refractivity contribution in [1.82, 2.24) is 15.3 Å². The quantitative estimate of drug-likeness (QED) is 0.820. The summed E-state index contributed by atoms with van der Waals surface area (Å²) in [6, 6.07) is 0. The first-order chi connectivity index (χ1) is 8.22. The highest BCUT2D eigenvalue weighted by atomic mass is 79.9. The first kappa shape index (κ1) is 12.5. The molecule has 1 aliphatic heterocycles. The molecule has 17 heavy (non-hydrogen) atoms. The lowest BCUT2D eigenvalue weighted by molar-refractivity contribution is 0.0418. The molecular formula is C10H15BrN4O2. The largest absolute Gasteiger partial charge is 0.373 e. The number of anilines is 1. The molecule has 1 saturated heterocycles. The number of nitrogens with zero attached hydrogens (tertiary/aromatic N) is 2. The second-order valence-corrected chi connectivity index (χ2v) is 4.66. The number of hydrogen-bond donors (Lipinski definition) is 2. The SMILES string of the molecule is CNCC1CN(c2nc[nH]c(=O)c2Br)CCO1. The van der Waals surface area contributed by atoms with Crippen molar-refractivity contribution in [3.05, 3.63) is 21.2 Å². The summed E-state index contributed by atoms with van der Waals surface area (Å²) >= 11 is 3.27. The van der Waals surface area contributed by atoms with Crippen LogP contribution < -0.4 is 15.8 Å². The number of morpholine rings is 1. The maximum Gasteiger partial charge on any atom is 0.267 e. The van der Waals surface area contributed by atoms with Crippen molar-refractivity contribution in [2.75, 3.05) is 38.2 Å². The van der Waals surface area contributed by atoms with Gasteiger partial charge in [0, 0.05) is 19.6 Å². The molecule has 94 valence electrons. The lowest BCUT2D eigenvalue weighted by Gasteiger charge is -2.33. The lowest BCUT2D eigenvalue weighted by Crippen LogP contribution is -2.47. The molecule has 0 saturated carbocycles. The van der Waals surface area contributed by atoms with Gasteiger partial charge in [-0.1, -0.05) is 0 Å². The zero-order chi connectivity index (χ0) is 12.3. The van der Waals surface area contributed by atoms with Crippen LogP contribution in [0, 0.1) is 0 Å². The third kappa shape index (κ3) is 2.85. The molecule has 0 spiro atoms. The molecule has 2 N–H and O–H groups in total. The Hall–Kier alpha value is -0.920. The van der Waals surface area contributed by atoms with Crippen LogP contribution in [0.4, 0.5) is 5.82 Å². The maximum absolute atomic E-state index is 11.5. The van der Waals surface area contributed by atoms with Crippen molar-refractivity contribution in [3.8, 4) is 0 Å². The van der Waals surface area contributed by atoms with Crippen LogP contribution in [-0.2, 0) is 4.74 Å². The number of rotatable bonds is 3. The van der Waals surface area contributed by atoms with E-state index in [0.717, 1.165) is 19.6 Å². The first-order valence-electron chi connectivity index (χ1n) is 5.46. The molecule has 1 unspecified atom stereocenters. The predicted molar refractivity (Wildman–Crippen MR) is 68.4 cm³/mol. The summed E-state index contributed by atoms with van der Waals surface area (Å²) in [4.78, 5) is 20.3. The number of aromatic nitrogens is 2. The Balaban J connectivity index is 2.16. The molecular weight excluding hydrogens is 288 g/mol. The van der Waals surface area contributed by atoms with Crippen molar-refractivity contribution in [2.24, 2.45) is 0 Å². The van der Waals surface area contributed by atoms with E-state index in [2.05, 4.69) is 36.1 Å². The van der Waals surface area contributed by atoms with E-state index in [9.17, 15) is 4.79 Å². The van der Waals surface area contributed by atoms with Crippen molar-refractivity contribution >= 4 is 21.7 Å². The van der Waals surface area contributed by atoms with Crippen LogP contribution in [0.5, 0.6) is 0 Å². The van der Waals surface area contributed by atoms with Crippen molar-refractivity contribution in [3.63, 3.8) is 0 Å². The minimum atomic E-state index is -0.161. The topological polar surface area (TPSA) is 70.2 Å². The number of halogens is 1. The minimum Gasteiger partial charge on any atom is -0.373 e. The van der Waals surface area contributed by atoms with Gasteiger partial charge in [-0.2, -0.15) is 0 Å². The Morgan fingerprint density at radius 3 is 3.35 bits per heavy atom. The molecule has 0 aromatic carbocycles. The average molecular weight is 303 g/mol. The lowest BCUT2D eigenvalue weighted by atomic mass is 10.2. The van der Waals surface area contributed by atoms with Crippen LogP contribution in [0.3, 0.4) is 0 Å². The highest BCUT2D eigenvalue weighted by Crippen LogP contribution is 2.21. The van der Waals surface area contributed by atoms with Gasteiger partial charge >= 0.3 is 0 Å². The Kier molecular flexibility index (Phi) is 4.14. The molecule has 7 heteroatoms. The summed E-state index contributed by atoms with van der Waals surface area (Å²) in [6.45, 7) is 2.91. The third-order valence-corrected chi connectivity index (χ3v) is 3.36. The normalized spacial score (nSPS) is 20.6. The van der Waals surface area contributed by atoms with Gasteiger partial charge < -0.3 is 19.9 Å². The number of H-pyrrole nitrogens is 1. The fourth-order valence-corrected chi connectivity index (χ4v) is 2.32. The molecule has 0 aliphatic carbocycles. The molecule has 1 aliphatic rings. The Bertz CT molecular complexity index is 435. The molecule has 6 nitrogen and oxygen atoms in total. The smallest absolute Gasteiger partial charge is 0.267 e. The number of aromatic amines is 1. The van der Waals surface area contributed by atoms with Gasteiger partial charge in [0.25, 0.3) is 5.56 Å². The van der Waals surface area contributed by atoms with E-state index in [1.807, 2.05) is 7.05 Å². The van der Waals surface area contributed by atoms with E-state index in [1.54, 1.807) is 0 Å². The Morgan fingerprint density at radius 2 is 2.59 bits per heavy atom. The number of likely N-dealkylation sites (N-methyl/N-ethyl adjacent to an activating group) is 1. The zero-order valence-electron chi connectivity index (χ0n) is 9.57. The van der Waals surface area contributed by atoms with Crippen LogP contribution in [0.15, 0.2) is 15.6 Å². The van der Waals surface area contributed by atoms with E-state index < -0.39 is 0 Å². The van der Waals surface area contributed by atoms with Crippen LogP contribution in [-0.4, -0.2) is 49.4 Å². The van der Waals surface area contributed by atoms with Gasteiger partial charge in [0.2, 0.25) is 0 Å². The predicted octanol–water partition coefficient (Wildman–Crippen LogP) is -0.0430. The third-order valence-electron chi connectivity index (χ3n) is 2.65. The second-order valence-electron chi connectivity index (χ2n) is 3.87. The highest BCUT2D eigenvalue weighted by molar-refractivity contribution is 9.10. The van der Waals surface area contributed by atoms with E-state index >= 15 is 0 Å². The van der Waals surface area contributed by atoms with E-state index in [1.165, 1.54) is 6.33 Å². The Morgan fingerprint density at radius 1 is 1.76 bits per heavy atom. The fourth-order valence-electron chi connectivity index (χ4n) is 1.86. The summed E-state index contributed by atoms with van der Waals surface area (Å²) < 4.78 is 6.08. The van der Waals surface area contributed by atoms with Gasteiger partial charge in [-0.25, -0.2) is 4.98 Å². The van der Waals surface area contributed by atoms with E-state index in [4.69, 9.17) is 4.74 Å². The summed E-state index contributed by atoms with van der Waals surface area (Å²) in [6.07, 6.45) is 1.55. The molecule has 0 bridgehead atoms. The van der Waals surface area contributed by atoms with Gasteiger partial charge in [-0.15, -0.1) is 0 Å². The molecule has 2 rings (SSSR count). The fraction of sp³-hybridized carbons (Fsp3) is 0.600. The molecule has 1 aromatic heterocycles. The molecule has 2 heterocycles. The maximum atomic E-state index is 11.5. The molecule has 0 amide bonds. The summed E-state index contributed by atoms with van der Waals surface area (Å²) in [5, 5.41) is 3.08. The van der Waals surface area contributed by atoms with Crippen LogP contribution in [0.25, 0.3) is 0 Å². The average Bonchev–Trinajstić information content (AvgIpc) is 2.33. The number of ether oxygens (including phenoxy) is 1. The monoisotopic (exact) mass is 302 g/mol. The summed E-state index contributed by atoms with van der Waals surface area (Å²) in [7, 11) is 1.89. The number of nitrogens with one attached hydrogen (secondary N) is 2. The molecule has 0 radical (unpaired) electrons. The summed E-state index contributed by atoms with van der Waals surface area (Å²) in [5.74, 6) is 0.679. The Labute approximate surface area is 108 Å². The van der Waals surface area contributed by atoms with Crippen molar-refractivity contribution in [2.45, 2.75) is 6.10 Å². The van der Waals surface area contributed by atoms with Gasteiger partial charge in [0.15, 0.2) is 0 Å². The van der Waals surface area contributed by atoms with Gasteiger partial charge in [0.1, 0.15) is 10.3 Å². The highest BCUT2D eigenvalue weighted by Gasteiger charge is 2.23. The molecule has 1 fully saturated rings. The van der Waals surface area contributed by atoms with Crippen molar-refractivity contribution in [1.29, 1.82) is 0 Å². The second kappa shape index (κ2) is 5.61. The first-order valence-corrected chi connectivity index (χ1v) is 6.26.